The first kappa shape index (κ1) is 14.9. The van der Waals surface area contributed by atoms with Crippen LogP contribution in [0.4, 0.5) is 5.82 Å². The van der Waals surface area contributed by atoms with E-state index in [1.165, 1.54) is 0 Å². The molecule has 24 heavy (non-hydrogen) atoms. The molecule has 0 bridgehead atoms. The number of nitrogens with one attached hydrogen (secondary N) is 1. The average Bonchev–Trinajstić information content (AvgIpc) is 3.25. The minimum atomic E-state index is -0.841. The number of nitrogens with zero attached hydrogens (tertiary/aromatic N) is 2. The molecule has 124 valence electrons. The van der Waals surface area contributed by atoms with E-state index < -0.39 is 12.0 Å². The second-order valence-electron chi connectivity index (χ2n) is 6.48. The van der Waals surface area contributed by atoms with E-state index in [1.807, 2.05) is 24.3 Å². The molecule has 2 aromatic rings. The zero-order chi connectivity index (χ0) is 16.7. The van der Waals surface area contributed by atoms with Crippen LogP contribution in [0.3, 0.4) is 0 Å². The summed E-state index contributed by atoms with van der Waals surface area (Å²) in [5.41, 5.74) is 1.28. The summed E-state index contributed by atoms with van der Waals surface area (Å²) in [5.74, 6) is -0.380. The monoisotopic (exact) mass is 325 g/mol. The number of aliphatic carboxylic acids is 1. The number of pyridine rings is 1. The average molecular weight is 325 g/mol. The fraction of sp³-hybridized carbons (Fsp3) is 0.389. The molecule has 0 radical (unpaired) electrons. The van der Waals surface area contributed by atoms with Crippen molar-refractivity contribution in [3.05, 3.63) is 35.9 Å². The van der Waals surface area contributed by atoms with Crippen molar-refractivity contribution in [1.82, 2.24) is 10.3 Å². The molecule has 1 aliphatic carbocycles. The number of carbonyl (C=O) groups excluding carboxylic acids is 1. The molecule has 1 aliphatic heterocycles. The van der Waals surface area contributed by atoms with Gasteiger partial charge in [0.2, 0.25) is 0 Å². The number of carboxylic acids is 1. The van der Waals surface area contributed by atoms with Crippen LogP contribution >= 0.6 is 0 Å². The Kier molecular flexibility index (Phi) is 3.59. The molecule has 1 unspecified atom stereocenters. The van der Waals surface area contributed by atoms with Crippen molar-refractivity contribution in [3.63, 3.8) is 0 Å². The minimum Gasteiger partial charge on any atom is -0.480 e. The summed E-state index contributed by atoms with van der Waals surface area (Å²) in [6, 6.07) is 8.93. The zero-order valence-corrected chi connectivity index (χ0v) is 13.2. The van der Waals surface area contributed by atoms with Crippen molar-refractivity contribution in [2.75, 3.05) is 11.4 Å². The summed E-state index contributed by atoms with van der Waals surface area (Å²) in [4.78, 5) is 30.5. The molecule has 1 amide bonds. The van der Waals surface area contributed by atoms with Crippen molar-refractivity contribution in [3.8, 4) is 0 Å². The summed E-state index contributed by atoms with van der Waals surface area (Å²) in [7, 11) is 0. The molecule has 1 atom stereocenters. The van der Waals surface area contributed by atoms with E-state index in [-0.39, 0.29) is 11.9 Å². The van der Waals surface area contributed by atoms with Gasteiger partial charge in [0.05, 0.1) is 11.1 Å². The van der Waals surface area contributed by atoms with Gasteiger partial charge in [-0.25, -0.2) is 9.78 Å². The standard InChI is InChI=1S/C18H19N3O3/c22-17(19-11-7-8-11)13-10-16(20-14-5-2-1-4-12(13)14)21-9-3-6-15(21)18(23)24/h1-2,4-5,10-11,15H,3,6-9H2,(H,19,22)(H,23,24). The molecule has 4 rings (SSSR count). The molecule has 2 N–H and O–H groups in total. The first-order valence-corrected chi connectivity index (χ1v) is 8.33. The highest BCUT2D eigenvalue weighted by atomic mass is 16.4. The van der Waals surface area contributed by atoms with Crippen molar-refractivity contribution in [2.45, 2.75) is 37.8 Å². The number of rotatable bonds is 4. The van der Waals surface area contributed by atoms with Gasteiger partial charge in [0.25, 0.3) is 5.91 Å². The van der Waals surface area contributed by atoms with Crippen LogP contribution in [0.25, 0.3) is 10.9 Å². The maximum Gasteiger partial charge on any atom is 0.326 e. The second kappa shape index (κ2) is 5.78. The number of benzene rings is 1. The molecular formula is C18H19N3O3. The SMILES string of the molecule is O=C(NC1CC1)c1cc(N2CCCC2C(=O)O)nc2ccccc12. The molecule has 2 fully saturated rings. The Balaban J connectivity index is 1.78. The number of anilines is 1. The highest BCUT2D eigenvalue weighted by molar-refractivity contribution is 6.07. The van der Waals surface area contributed by atoms with Crippen LogP contribution in [0.5, 0.6) is 0 Å². The highest BCUT2D eigenvalue weighted by Crippen LogP contribution is 2.29. The number of carbonyl (C=O) groups is 2. The van der Waals surface area contributed by atoms with E-state index in [0.29, 0.717) is 29.9 Å². The van der Waals surface area contributed by atoms with Crippen LogP contribution in [-0.2, 0) is 4.79 Å². The van der Waals surface area contributed by atoms with Gasteiger partial charge in [-0.3, -0.25) is 4.79 Å². The van der Waals surface area contributed by atoms with Gasteiger partial charge in [-0.05, 0) is 37.8 Å². The topological polar surface area (TPSA) is 82.5 Å². The van der Waals surface area contributed by atoms with E-state index in [1.54, 1.807) is 11.0 Å². The molecule has 2 heterocycles. The Hall–Kier alpha value is -2.63. The quantitative estimate of drug-likeness (QED) is 0.900. The number of carboxylic acid groups (broad SMARTS) is 1. The van der Waals surface area contributed by atoms with Crippen LogP contribution in [0.2, 0.25) is 0 Å². The number of hydrogen-bond acceptors (Lipinski definition) is 4. The first-order chi connectivity index (χ1) is 11.6. The summed E-state index contributed by atoms with van der Waals surface area (Å²) in [6.45, 7) is 0.645. The van der Waals surface area contributed by atoms with Gasteiger partial charge < -0.3 is 15.3 Å². The van der Waals surface area contributed by atoms with Crippen LogP contribution in [0, 0.1) is 0 Å². The normalized spacial score (nSPS) is 20.3. The highest BCUT2D eigenvalue weighted by Gasteiger charge is 2.32. The van der Waals surface area contributed by atoms with Crippen molar-refractivity contribution >= 4 is 28.6 Å². The van der Waals surface area contributed by atoms with E-state index >= 15 is 0 Å². The van der Waals surface area contributed by atoms with Gasteiger partial charge >= 0.3 is 5.97 Å². The summed E-state index contributed by atoms with van der Waals surface area (Å²) in [5, 5.41) is 13.2. The Morgan fingerprint density at radius 3 is 2.75 bits per heavy atom. The van der Waals surface area contributed by atoms with Crippen LogP contribution in [0.1, 0.15) is 36.0 Å². The number of fused-ring (bicyclic) bond motifs is 1. The van der Waals surface area contributed by atoms with Crippen LogP contribution in [0.15, 0.2) is 30.3 Å². The predicted octanol–water partition coefficient (Wildman–Crippen LogP) is 2.18. The van der Waals surface area contributed by atoms with Gasteiger partial charge in [0.1, 0.15) is 11.9 Å². The minimum absolute atomic E-state index is 0.108. The van der Waals surface area contributed by atoms with Crippen LogP contribution in [-0.4, -0.2) is 40.6 Å². The zero-order valence-electron chi connectivity index (χ0n) is 13.2. The lowest BCUT2D eigenvalue weighted by atomic mass is 10.1. The number of amides is 1. The second-order valence-corrected chi connectivity index (χ2v) is 6.48. The molecule has 2 aliphatic rings. The Bertz CT molecular complexity index is 816. The summed E-state index contributed by atoms with van der Waals surface area (Å²) < 4.78 is 0. The fourth-order valence-electron chi connectivity index (χ4n) is 3.28. The van der Waals surface area contributed by atoms with E-state index in [0.717, 1.165) is 24.6 Å². The first-order valence-electron chi connectivity index (χ1n) is 8.33. The molecule has 1 saturated heterocycles. The van der Waals surface area contributed by atoms with Gasteiger partial charge in [0.15, 0.2) is 0 Å². The van der Waals surface area contributed by atoms with Crippen LogP contribution < -0.4 is 10.2 Å². The van der Waals surface area contributed by atoms with Crippen molar-refractivity contribution < 1.29 is 14.7 Å². The van der Waals surface area contributed by atoms with Crippen molar-refractivity contribution in [2.24, 2.45) is 0 Å². The molecule has 1 aromatic carbocycles. The maximum absolute atomic E-state index is 12.6. The number of hydrogen-bond donors (Lipinski definition) is 2. The molecule has 1 aromatic heterocycles. The van der Waals surface area contributed by atoms with Gasteiger partial charge in [0, 0.05) is 18.0 Å². The van der Waals surface area contributed by atoms with Gasteiger partial charge in [-0.1, -0.05) is 18.2 Å². The van der Waals surface area contributed by atoms with Gasteiger partial charge in [-0.2, -0.15) is 0 Å². The van der Waals surface area contributed by atoms with Crippen molar-refractivity contribution in [1.29, 1.82) is 0 Å². The lowest BCUT2D eigenvalue weighted by Gasteiger charge is -2.23. The third-order valence-electron chi connectivity index (χ3n) is 4.69. The third-order valence-corrected chi connectivity index (χ3v) is 4.69. The van der Waals surface area contributed by atoms with Gasteiger partial charge in [-0.15, -0.1) is 0 Å². The molecule has 6 nitrogen and oxygen atoms in total. The molecule has 6 heteroatoms. The Labute approximate surface area is 139 Å². The largest absolute Gasteiger partial charge is 0.480 e. The third kappa shape index (κ3) is 2.68. The summed E-state index contributed by atoms with van der Waals surface area (Å²) >= 11 is 0. The van der Waals surface area contributed by atoms with E-state index in [2.05, 4.69) is 10.3 Å². The molecule has 0 spiro atoms. The summed E-state index contributed by atoms with van der Waals surface area (Å²) in [6.07, 6.45) is 3.46. The van der Waals surface area contributed by atoms with E-state index in [4.69, 9.17) is 0 Å². The van der Waals surface area contributed by atoms with E-state index in [9.17, 15) is 14.7 Å². The predicted molar refractivity (Wildman–Crippen MR) is 90.2 cm³/mol. The Morgan fingerprint density at radius 2 is 2.00 bits per heavy atom. The molecule has 1 saturated carbocycles. The lowest BCUT2D eigenvalue weighted by Crippen LogP contribution is -2.36. The number of aromatic nitrogens is 1. The Morgan fingerprint density at radius 1 is 1.21 bits per heavy atom. The smallest absolute Gasteiger partial charge is 0.326 e. The maximum atomic E-state index is 12.6. The molecular weight excluding hydrogens is 306 g/mol. The number of para-hydroxylation sites is 1. The fourth-order valence-corrected chi connectivity index (χ4v) is 3.28. The lowest BCUT2D eigenvalue weighted by molar-refractivity contribution is -0.138.